The number of para-hydroxylation sites is 1. The molecular formula is C50H50N2S2. The standard InChI is InChI=1S/C50H50N2S2/c1-29-16-14-17-30(2)43(29)35-18-15-20-39-46(35)54-42-28-40-47(44-36-27-31(48(3,4)5)22-23-37(36)52(39)45(42)44)53-41-21-13-12-19-38(41)51(40)34-25-32(49(6,7)8)24-33(26-34)50(9,10)11/h12-28H,1-11H3. The van der Waals surface area contributed by atoms with Gasteiger partial charge in [0.25, 0.3) is 0 Å². The van der Waals surface area contributed by atoms with E-state index in [9.17, 15) is 0 Å². The molecule has 0 N–H and O–H groups in total. The molecule has 272 valence electrons. The molecule has 0 aliphatic carbocycles. The van der Waals surface area contributed by atoms with Crippen molar-refractivity contribution < 1.29 is 0 Å². The summed E-state index contributed by atoms with van der Waals surface area (Å²) >= 11 is 3.88. The number of fused-ring (bicyclic) bond motifs is 8. The van der Waals surface area contributed by atoms with Gasteiger partial charge >= 0.3 is 0 Å². The molecule has 0 atom stereocenters. The Labute approximate surface area is 327 Å². The van der Waals surface area contributed by atoms with Crippen LogP contribution in [0.25, 0.3) is 74.0 Å². The van der Waals surface area contributed by atoms with Gasteiger partial charge in [-0.3, -0.25) is 0 Å². The van der Waals surface area contributed by atoms with E-state index < -0.39 is 0 Å². The average molecular weight is 743 g/mol. The predicted octanol–water partition coefficient (Wildman–Crippen LogP) is 15.4. The molecule has 0 amide bonds. The van der Waals surface area contributed by atoms with Gasteiger partial charge in [0.2, 0.25) is 0 Å². The van der Waals surface area contributed by atoms with Gasteiger partial charge in [-0.2, -0.15) is 0 Å². The van der Waals surface area contributed by atoms with Crippen molar-refractivity contribution in [3.05, 3.63) is 131 Å². The molecule has 0 spiro atoms. The fourth-order valence-corrected chi connectivity index (χ4v) is 10.8. The molecule has 0 aliphatic rings. The molecule has 0 aliphatic heterocycles. The van der Waals surface area contributed by atoms with E-state index in [1.165, 1.54) is 102 Å². The normalized spacial score (nSPS) is 13.1. The average Bonchev–Trinajstić information content (AvgIpc) is 3.46. The first-order valence-electron chi connectivity index (χ1n) is 19.3. The lowest BCUT2D eigenvalue weighted by atomic mass is 9.80. The van der Waals surface area contributed by atoms with Crippen LogP contribution in [0, 0.1) is 13.8 Å². The van der Waals surface area contributed by atoms with Crippen LogP contribution in [0.2, 0.25) is 0 Å². The van der Waals surface area contributed by atoms with Gasteiger partial charge in [-0.05, 0) is 112 Å². The molecule has 3 heterocycles. The Morgan fingerprint density at radius 1 is 0.481 bits per heavy atom. The van der Waals surface area contributed by atoms with E-state index in [1.54, 1.807) is 0 Å². The van der Waals surface area contributed by atoms with Gasteiger partial charge in [0, 0.05) is 22.0 Å². The Bertz CT molecular complexity index is 2960. The van der Waals surface area contributed by atoms with Gasteiger partial charge in [-0.25, -0.2) is 0 Å². The van der Waals surface area contributed by atoms with Gasteiger partial charge < -0.3 is 8.97 Å². The lowest BCUT2D eigenvalue weighted by Gasteiger charge is -2.27. The highest BCUT2D eigenvalue weighted by Gasteiger charge is 2.26. The van der Waals surface area contributed by atoms with Crippen molar-refractivity contribution in [3.63, 3.8) is 0 Å². The Morgan fingerprint density at radius 2 is 1.09 bits per heavy atom. The molecular weight excluding hydrogens is 693 g/mol. The van der Waals surface area contributed by atoms with E-state index in [4.69, 9.17) is 0 Å². The minimum atomic E-state index is -0.000708. The number of hydrogen-bond donors (Lipinski definition) is 0. The van der Waals surface area contributed by atoms with Crippen LogP contribution in [0.15, 0.2) is 103 Å². The molecule has 0 fully saturated rings. The summed E-state index contributed by atoms with van der Waals surface area (Å²) < 4.78 is 10.4. The maximum Gasteiger partial charge on any atom is 0.0729 e. The molecule has 6 aromatic carbocycles. The molecule has 9 aromatic rings. The lowest BCUT2D eigenvalue weighted by Crippen LogP contribution is -2.17. The van der Waals surface area contributed by atoms with Crippen LogP contribution in [0.3, 0.4) is 0 Å². The summed E-state index contributed by atoms with van der Waals surface area (Å²) in [6.45, 7) is 25.5. The highest BCUT2D eigenvalue weighted by atomic mass is 32.1. The van der Waals surface area contributed by atoms with Crippen LogP contribution in [0.5, 0.6) is 0 Å². The van der Waals surface area contributed by atoms with Crippen LogP contribution in [-0.2, 0) is 16.2 Å². The fourth-order valence-electron chi connectivity index (χ4n) is 8.41. The molecule has 0 saturated carbocycles. The monoisotopic (exact) mass is 742 g/mol. The fraction of sp³-hybridized carbons (Fsp3) is 0.280. The number of hydrogen-bond acceptors (Lipinski definition) is 2. The van der Waals surface area contributed by atoms with Gasteiger partial charge in [-0.15, -0.1) is 22.7 Å². The number of aromatic nitrogens is 2. The van der Waals surface area contributed by atoms with Crippen LogP contribution < -0.4 is 0 Å². The van der Waals surface area contributed by atoms with E-state index in [2.05, 4.69) is 188 Å². The molecule has 3 aromatic heterocycles. The van der Waals surface area contributed by atoms with E-state index in [0.717, 1.165) is 0 Å². The second-order valence-electron chi connectivity index (χ2n) is 18.5. The van der Waals surface area contributed by atoms with Crippen molar-refractivity contribution in [2.24, 2.45) is 0 Å². The quantitative estimate of drug-likeness (QED) is 0.156. The minimum Gasteiger partial charge on any atom is -0.308 e. The zero-order valence-electron chi connectivity index (χ0n) is 33.5. The summed E-state index contributed by atoms with van der Waals surface area (Å²) in [4.78, 5) is 0. The van der Waals surface area contributed by atoms with Crippen molar-refractivity contribution in [1.82, 2.24) is 8.97 Å². The van der Waals surface area contributed by atoms with E-state index in [0.29, 0.717) is 0 Å². The summed E-state index contributed by atoms with van der Waals surface area (Å²) in [5.74, 6) is 0. The van der Waals surface area contributed by atoms with Crippen molar-refractivity contribution in [2.45, 2.75) is 92.4 Å². The third-order valence-electron chi connectivity index (χ3n) is 11.5. The molecule has 0 bridgehead atoms. The molecule has 0 radical (unpaired) electrons. The maximum atomic E-state index is 2.58. The van der Waals surface area contributed by atoms with Gasteiger partial charge in [-0.1, -0.05) is 117 Å². The number of aryl methyl sites for hydroxylation is 2. The summed E-state index contributed by atoms with van der Waals surface area (Å²) in [6.07, 6.45) is 0. The maximum absolute atomic E-state index is 2.58. The smallest absolute Gasteiger partial charge is 0.0729 e. The van der Waals surface area contributed by atoms with E-state index >= 15 is 0 Å². The van der Waals surface area contributed by atoms with E-state index in [-0.39, 0.29) is 16.2 Å². The first-order valence-corrected chi connectivity index (χ1v) is 20.9. The highest BCUT2D eigenvalue weighted by Crippen LogP contribution is 2.48. The Morgan fingerprint density at radius 3 is 1.76 bits per heavy atom. The van der Waals surface area contributed by atoms with Crippen LogP contribution >= 0.6 is 22.7 Å². The second-order valence-corrected chi connectivity index (χ2v) is 20.6. The zero-order chi connectivity index (χ0) is 38.1. The molecule has 0 saturated heterocycles. The zero-order valence-corrected chi connectivity index (χ0v) is 35.2. The van der Waals surface area contributed by atoms with Crippen molar-refractivity contribution in [3.8, 4) is 16.8 Å². The van der Waals surface area contributed by atoms with Crippen LogP contribution in [-0.4, -0.2) is 8.97 Å². The van der Waals surface area contributed by atoms with Gasteiger partial charge in [0.15, 0.2) is 0 Å². The number of rotatable bonds is 2. The molecule has 54 heavy (non-hydrogen) atoms. The number of nitrogens with zero attached hydrogens (tertiary/aromatic N) is 2. The van der Waals surface area contributed by atoms with Crippen molar-refractivity contribution >= 4 is 79.8 Å². The summed E-state index contributed by atoms with van der Waals surface area (Å²) in [7, 11) is 0. The largest absolute Gasteiger partial charge is 0.308 e. The summed E-state index contributed by atoms with van der Waals surface area (Å²) in [6, 6.07) is 39.7. The highest BCUT2D eigenvalue weighted by molar-refractivity contribution is 7.27. The number of benzene rings is 6. The third kappa shape index (κ3) is 5.39. The molecule has 4 heteroatoms. The second kappa shape index (κ2) is 11.9. The Balaban J connectivity index is 1.54. The summed E-state index contributed by atoms with van der Waals surface area (Å²) in [5.41, 5.74) is 16.9. The van der Waals surface area contributed by atoms with Gasteiger partial charge in [0.05, 0.1) is 46.4 Å². The molecule has 9 rings (SSSR count). The molecule has 2 nitrogen and oxygen atoms in total. The van der Waals surface area contributed by atoms with Crippen molar-refractivity contribution in [1.29, 1.82) is 0 Å². The van der Waals surface area contributed by atoms with E-state index in [1.807, 2.05) is 22.7 Å². The Hall–Kier alpha value is -4.64. The summed E-state index contributed by atoms with van der Waals surface area (Å²) in [5, 5.41) is 2.68. The van der Waals surface area contributed by atoms with Crippen LogP contribution in [0.1, 0.15) is 90.1 Å². The molecule has 0 unspecified atom stereocenters. The van der Waals surface area contributed by atoms with Crippen LogP contribution in [0.4, 0.5) is 0 Å². The third-order valence-corrected chi connectivity index (χ3v) is 13.8. The van der Waals surface area contributed by atoms with Gasteiger partial charge in [0.1, 0.15) is 0 Å². The van der Waals surface area contributed by atoms with Crippen molar-refractivity contribution in [2.75, 3.05) is 0 Å². The first-order chi connectivity index (χ1) is 25.5. The minimum absolute atomic E-state index is 0.000708. The Kier molecular flexibility index (Phi) is 7.75. The lowest BCUT2D eigenvalue weighted by molar-refractivity contribution is 0.568. The first kappa shape index (κ1) is 35.1. The topological polar surface area (TPSA) is 9.34 Å². The SMILES string of the molecule is Cc1cccc(C)c1-c1cccc2c1sc1cc3c(sc4ccccc4n3-c3cc(C(C)(C)C)cc(C(C)(C)C)c3)c3c4cc(C(C)(C)C)ccc4n2c13. The predicted molar refractivity (Wildman–Crippen MR) is 240 cm³/mol.